The van der Waals surface area contributed by atoms with Gasteiger partial charge in [0.05, 0.1) is 18.6 Å². The van der Waals surface area contributed by atoms with Crippen molar-refractivity contribution >= 4 is 40.4 Å². The number of carbonyl (C=O) groups excluding carboxylic acids is 4. The van der Waals surface area contributed by atoms with E-state index in [0.717, 1.165) is 16.3 Å². The number of carbonyl (C=O) groups is 5. The number of aliphatic hydroxyl groups is 1. The summed E-state index contributed by atoms with van der Waals surface area (Å²) in [5.41, 5.74) is -0.563. The molecule has 0 spiro atoms. The van der Waals surface area contributed by atoms with Crippen LogP contribution in [0.4, 0.5) is 0 Å². The minimum absolute atomic E-state index is 0.167. The summed E-state index contributed by atoms with van der Waals surface area (Å²) >= 11 is 0. The van der Waals surface area contributed by atoms with E-state index in [2.05, 4.69) is 21.3 Å². The number of carboxylic acid groups (broad SMARTS) is 1. The topological polar surface area (TPSA) is 183 Å². The molecule has 288 valence electrons. The highest BCUT2D eigenvalue weighted by molar-refractivity contribution is 5.92. The molecule has 0 aliphatic heterocycles. The molecular formula is C41H56N4O8. The average molecular weight is 733 g/mol. The fourth-order valence-electron chi connectivity index (χ4n) is 5.87. The van der Waals surface area contributed by atoms with Gasteiger partial charge in [-0.1, -0.05) is 109 Å². The van der Waals surface area contributed by atoms with Crippen LogP contribution in [-0.4, -0.2) is 75.7 Å². The molecule has 2 unspecified atom stereocenters. The fourth-order valence-corrected chi connectivity index (χ4v) is 5.87. The van der Waals surface area contributed by atoms with Crippen LogP contribution in [0, 0.1) is 17.8 Å². The minimum Gasteiger partial charge on any atom is -0.480 e. The lowest BCUT2D eigenvalue weighted by atomic mass is 9.95. The van der Waals surface area contributed by atoms with E-state index in [0.29, 0.717) is 12.2 Å². The molecule has 0 saturated heterocycles. The molecule has 3 aromatic carbocycles. The normalized spacial score (nSPS) is 15.1. The molecule has 3 aromatic rings. The molecule has 6 atom stereocenters. The Morgan fingerprint density at radius 3 is 1.89 bits per heavy atom. The van der Waals surface area contributed by atoms with Crippen molar-refractivity contribution in [1.82, 2.24) is 21.3 Å². The van der Waals surface area contributed by atoms with E-state index in [4.69, 9.17) is 4.74 Å². The Labute approximate surface area is 312 Å². The largest absolute Gasteiger partial charge is 0.480 e. The van der Waals surface area contributed by atoms with Gasteiger partial charge in [-0.15, -0.1) is 0 Å². The van der Waals surface area contributed by atoms with Crippen LogP contribution in [-0.2, 0) is 30.4 Å². The quantitative estimate of drug-likeness (QED) is 0.105. The lowest BCUT2D eigenvalue weighted by Gasteiger charge is -2.32. The third kappa shape index (κ3) is 12.3. The van der Waals surface area contributed by atoms with Gasteiger partial charge in [0.15, 0.2) is 5.60 Å². The molecule has 12 heteroatoms. The molecule has 0 saturated carbocycles. The van der Waals surface area contributed by atoms with E-state index in [1.165, 1.54) is 0 Å². The first kappa shape index (κ1) is 42.4. The van der Waals surface area contributed by atoms with Crippen molar-refractivity contribution in [2.45, 2.75) is 111 Å². The number of amides is 4. The van der Waals surface area contributed by atoms with Gasteiger partial charge >= 0.3 is 5.97 Å². The van der Waals surface area contributed by atoms with E-state index in [1.807, 2.05) is 73.7 Å². The zero-order valence-electron chi connectivity index (χ0n) is 32.0. The second-order valence-corrected chi connectivity index (χ2v) is 14.9. The lowest BCUT2D eigenvalue weighted by molar-refractivity contribution is -0.143. The second kappa shape index (κ2) is 19.2. The summed E-state index contributed by atoms with van der Waals surface area (Å²) in [7, 11) is 0. The molecule has 0 aromatic heterocycles. The van der Waals surface area contributed by atoms with Gasteiger partial charge in [-0.2, -0.15) is 0 Å². The highest BCUT2D eigenvalue weighted by Gasteiger charge is 2.37. The molecule has 0 aliphatic rings. The molecule has 0 heterocycles. The summed E-state index contributed by atoms with van der Waals surface area (Å²) in [6.45, 7) is 13.7. The summed E-state index contributed by atoms with van der Waals surface area (Å²) < 4.78 is 6.11. The molecule has 0 radical (unpaired) electrons. The molecule has 4 amide bonds. The number of ether oxygens (including phenoxy) is 1. The maximum absolute atomic E-state index is 13.9. The number of hydrogen-bond acceptors (Lipinski definition) is 7. The zero-order chi connectivity index (χ0) is 39.5. The summed E-state index contributed by atoms with van der Waals surface area (Å²) in [5.74, 6) is -4.15. The molecule has 12 nitrogen and oxygen atoms in total. The number of aliphatic hydroxyl groups excluding tert-OH is 1. The zero-order valence-corrected chi connectivity index (χ0v) is 32.0. The van der Waals surface area contributed by atoms with Crippen molar-refractivity contribution in [3.05, 3.63) is 78.4 Å². The standard InChI is InChI=1S/C41H56N4O8/c1-9-26(6)36(38(49)44-35(25(4)5)39(50)51)43-33(47)23-32(46)31(21-27-15-11-10-12-16-27)42-37(48)34(24(2)3)45-40(52)41(7,8)53-30-20-19-28-17-13-14-18-29(28)22-30/h10-20,22,24-26,31-32,34-36,46H,9,21,23H2,1-8H3,(H,42,48)(H,43,47)(H,44,49)(H,45,52)(H,50,51)/t26-,31-,32-,34?,35?,36-/m0/s1. The Kier molecular flexibility index (Phi) is 15.4. The Morgan fingerprint density at radius 1 is 0.717 bits per heavy atom. The van der Waals surface area contributed by atoms with Crippen LogP contribution in [0.2, 0.25) is 0 Å². The molecule has 6 N–H and O–H groups in total. The number of rotatable bonds is 19. The van der Waals surface area contributed by atoms with Crippen molar-refractivity contribution in [2.75, 3.05) is 0 Å². The van der Waals surface area contributed by atoms with Gasteiger partial charge in [0.1, 0.15) is 23.9 Å². The monoisotopic (exact) mass is 732 g/mol. The molecule has 3 rings (SSSR count). The van der Waals surface area contributed by atoms with Crippen LogP contribution in [0.5, 0.6) is 5.75 Å². The minimum atomic E-state index is -1.39. The van der Waals surface area contributed by atoms with E-state index in [-0.39, 0.29) is 18.3 Å². The van der Waals surface area contributed by atoms with Crippen LogP contribution in [0.1, 0.15) is 73.8 Å². The maximum atomic E-state index is 13.9. The number of benzene rings is 3. The summed E-state index contributed by atoms with van der Waals surface area (Å²) in [5, 5.41) is 33.9. The van der Waals surface area contributed by atoms with Gasteiger partial charge in [0, 0.05) is 0 Å². The second-order valence-electron chi connectivity index (χ2n) is 14.9. The first-order chi connectivity index (χ1) is 24.9. The fraction of sp³-hybridized carbons (Fsp3) is 0.488. The Morgan fingerprint density at radius 2 is 1.30 bits per heavy atom. The SMILES string of the molecule is CC[C@H](C)[C@H](NC(=O)C[C@H](O)[C@H](Cc1ccccc1)NC(=O)C(NC(=O)C(C)(C)Oc1ccc2ccccc2c1)C(C)C)C(=O)NC(C(=O)O)C(C)C. The van der Waals surface area contributed by atoms with Crippen molar-refractivity contribution in [3.63, 3.8) is 0 Å². The molecule has 0 fully saturated rings. The van der Waals surface area contributed by atoms with Crippen molar-refractivity contribution in [2.24, 2.45) is 17.8 Å². The van der Waals surface area contributed by atoms with Crippen molar-refractivity contribution in [1.29, 1.82) is 0 Å². The Balaban J connectivity index is 1.76. The van der Waals surface area contributed by atoms with E-state index in [1.54, 1.807) is 54.5 Å². The van der Waals surface area contributed by atoms with Crippen LogP contribution < -0.4 is 26.0 Å². The third-order valence-corrected chi connectivity index (χ3v) is 9.40. The number of nitrogens with one attached hydrogen (secondary N) is 4. The maximum Gasteiger partial charge on any atom is 0.326 e. The first-order valence-electron chi connectivity index (χ1n) is 18.3. The van der Waals surface area contributed by atoms with Crippen molar-refractivity contribution < 1.29 is 38.9 Å². The Bertz CT molecular complexity index is 1710. The summed E-state index contributed by atoms with van der Waals surface area (Å²) in [6, 6.07) is 18.3. The van der Waals surface area contributed by atoms with Gasteiger partial charge < -0.3 is 36.2 Å². The third-order valence-electron chi connectivity index (χ3n) is 9.40. The molecule has 0 aliphatic carbocycles. The van der Waals surface area contributed by atoms with Crippen molar-refractivity contribution in [3.8, 4) is 5.75 Å². The lowest BCUT2D eigenvalue weighted by Crippen LogP contribution is -2.59. The summed E-state index contributed by atoms with van der Waals surface area (Å²) in [4.78, 5) is 65.8. The van der Waals surface area contributed by atoms with Gasteiger partial charge in [-0.25, -0.2) is 4.79 Å². The average Bonchev–Trinajstić information content (AvgIpc) is 3.10. The highest BCUT2D eigenvalue weighted by atomic mass is 16.5. The highest BCUT2D eigenvalue weighted by Crippen LogP contribution is 2.25. The molecule has 53 heavy (non-hydrogen) atoms. The summed E-state index contributed by atoms with van der Waals surface area (Å²) in [6.07, 6.45) is -1.17. The van der Waals surface area contributed by atoms with Gasteiger partial charge in [0.25, 0.3) is 5.91 Å². The van der Waals surface area contributed by atoms with E-state index >= 15 is 0 Å². The number of aliphatic carboxylic acids is 1. The van der Waals surface area contributed by atoms with Crippen LogP contribution in [0.25, 0.3) is 10.8 Å². The smallest absolute Gasteiger partial charge is 0.326 e. The van der Waals surface area contributed by atoms with E-state index in [9.17, 15) is 34.2 Å². The predicted molar refractivity (Wildman–Crippen MR) is 204 cm³/mol. The molecule has 0 bridgehead atoms. The first-order valence-corrected chi connectivity index (χ1v) is 18.3. The van der Waals surface area contributed by atoms with E-state index < -0.39 is 77.8 Å². The predicted octanol–water partition coefficient (Wildman–Crippen LogP) is 4.37. The van der Waals surface area contributed by atoms with Crippen LogP contribution in [0.15, 0.2) is 72.8 Å². The molecular weight excluding hydrogens is 676 g/mol. The van der Waals surface area contributed by atoms with Crippen LogP contribution >= 0.6 is 0 Å². The van der Waals surface area contributed by atoms with Crippen LogP contribution in [0.3, 0.4) is 0 Å². The number of fused-ring (bicyclic) bond motifs is 1. The Hall–Kier alpha value is -4.97. The van der Waals surface area contributed by atoms with Gasteiger partial charge in [-0.3, -0.25) is 19.2 Å². The van der Waals surface area contributed by atoms with Gasteiger partial charge in [0.2, 0.25) is 17.7 Å². The number of carboxylic acids is 1. The number of hydrogen-bond donors (Lipinski definition) is 6. The van der Waals surface area contributed by atoms with Gasteiger partial charge in [-0.05, 0) is 66.5 Å².